The van der Waals surface area contributed by atoms with Crippen LogP contribution in [-0.2, 0) is 0 Å². The summed E-state index contributed by atoms with van der Waals surface area (Å²) in [6, 6.07) is 6.16. The fourth-order valence-corrected chi connectivity index (χ4v) is 2.30. The van der Waals surface area contributed by atoms with Crippen LogP contribution in [0.15, 0.2) is 18.2 Å². The topological polar surface area (TPSA) is 21.3 Å². The molecule has 2 nitrogen and oxygen atoms in total. The largest absolute Gasteiger partial charge is 0.487 e. The van der Waals surface area contributed by atoms with Crippen LogP contribution < -0.4 is 10.1 Å². The molecule has 0 unspecified atom stereocenters. The van der Waals surface area contributed by atoms with Crippen LogP contribution in [0.4, 0.5) is 0 Å². The molecular formula is C14H20ClNO. The molecule has 1 aromatic carbocycles. The maximum Gasteiger partial charge on any atom is 0.138 e. The molecule has 0 bridgehead atoms. The molecule has 2 atom stereocenters. The van der Waals surface area contributed by atoms with Crippen LogP contribution in [0.25, 0.3) is 0 Å². The molecule has 0 aliphatic carbocycles. The number of rotatable bonds is 4. The Morgan fingerprint density at radius 3 is 2.94 bits per heavy atom. The number of hydrogen-bond donors (Lipinski definition) is 1. The third kappa shape index (κ3) is 3.14. The zero-order valence-corrected chi connectivity index (χ0v) is 11.3. The summed E-state index contributed by atoms with van der Waals surface area (Å²) < 4.78 is 5.88. The molecule has 1 aliphatic heterocycles. The first-order valence-electron chi connectivity index (χ1n) is 6.37. The molecule has 0 radical (unpaired) electrons. The van der Waals surface area contributed by atoms with Crippen molar-refractivity contribution in [3.05, 3.63) is 28.8 Å². The van der Waals surface area contributed by atoms with Crippen molar-refractivity contribution in [2.24, 2.45) is 0 Å². The third-order valence-electron chi connectivity index (χ3n) is 3.45. The van der Waals surface area contributed by atoms with Crippen LogP contribution in [-0.4, -0.2) is 19.2 Å². The van der Waals surface area contributed by atoms with Gasteiger partial charge in [-0.1, -0.05) is 31.5 Å². The molecule has 0 aromatic heterocycles. The number of benzene rings is 1. The molecule has 1 heterocycles. The zero-order valence-electron chi connectivity index (χ0n) is 10.5. The predicted octanol–water partition coefficient (Wildman–Crippen LogP) is 3.59. The molecule has 1 fully saturated rings. The Bertz CT molecular complexity index is 374. The SMILES string of the molecule is CC[C@@H](C)c1ccc(O[C@H]2CCNC2)c(Cl)c1. The lowest BCUT2D eigenvalue weighted by atomic mass is 9.99. The van der Waals surface area contributed by atoms with Crippen LogP contribution in [0.1, 0.15) is 38.2 Å². The molecule has 1 aromatic rings. The van der Waals surface area contributed by atoms with E-state index in [1.807, 2.05) is 12.1 Å². The molecule has 1 saturated heterocycles. The summed E-state index contributed by atoms with van der Waals surface area (Å²) >= 11 is 6.26. The molecule has 0 amide bonds. The maximum absolute atomic E-state index is 6.26. The lowest BCUT2D eigenvalue weighted by Gasteiger charge is -2.16. The van der Waals surface area contributed by atoms with Crippen molar-refractivity contribution in [1.82, 2.24) is 5.32 Å². The van der Waals surface area contributed by atoms with Gasteiger partial charge in [0.1, 0.15) is 11.9 Å². The average molecular weight is 254 g/mol. The Hall–Kier alpha value is -0.730. The van der Waals surface area contributed by atoms with E-state index >= 15 is 0 Å². The molecular weight excluding hydrogens is 234 g/mol. The highest BCUT2D eigenvalue weighted by atomic mass is 35.5. The Morgan fingerprint density at radius 1 is 1.53 bits per heavy atom. The number of hydrogen-bond acceptors (Lipinski definition) is 2. The van der Waals surface area contributed by atoms with Gasteiger partial charge < -0.3 is 10.1 Å². The molecule has 2 rings (SSSR count). The van der Waals surface area contributed by atoms with Gasteiger partial charge in [-0.15, -0.1) is 0 Å². The van der Waals surface area contributed by atoms with Gasteiger partial charge in [0.05, 0.1) is 5.02 Å². The second-order valence-electron chi connectivity index (χ2n) is 4.73. The van der Waals surface area contributed by atoms with Crippen molar-refractivity contribution >= 4 is 11.6 Å². The van der Waals surface area contributed by atoms with E-state index in [2.05, 4.69) is 25.2 Å². The number of halogens is 1. The molecule has 3 heteroatoms. The first kappa shape index (κ1) is 12.7. The molecule has 1 aliphatic rings. The summed E-state index contributed by atoms with van der Waals surface area (Å²) in [7, 11) is 0. The van der Waals surface area contributed by atoms with Crippen molar-refractivity contribution in [2.75, 3.05) is 13.1 Å². The van der Waals surface area contributed by atoms with Gasteiger partial charge in [0.15, 0.2) is 0 Å². The van der Waals surface area contributed by atoms with Gasteiger partial charge in [0, 0.05) is 6.54 Å². The fourth-order valence-electron chi connectivity index (χ4n) is 2.06. The van der Waals surface area contributed by atoms with Gasteiger partial charge >= 0.3 is 0 Å². The van der Waals surface area contributed by atoms with Gasteiger partial charge in [-0.3, -0.25) is 0 Å². The lowest BCUT2D eigenvalue weighted by Crippen LogP contribution is -2.19. The first-order chi connectivity index (χ1) is 8.20. The monoisotopic (exact) mass is 253 g/mol. The lowest BCUT2D eigenvalue weighted by molar-refractivity contribution is 0.223. The van der Waals surface area contributed by atoms with Crippen LogP contribution in [0.2, 0.25) is 5.02 Å². The summed E-state index contributed by atoms with van der Waals surface area (Å²) in [6.07, 6.45) is 2.45. The van der Waals surface area contributed by atoms with Crippen LogP contribution in [0.5, 0.6) is 5.75 Å². The van der Waals surface area contributed by atoms with E-state index in [4.69, 9.17) is 16.3 Å². The first-order valence-corrected chi connectivity index (χ1v) is 6.75. The Balaban J connectivity index is 2.08. The van der Waals surface area contributed by atoms with Gasteiger partial charge in [0.25, 0.3) is 0 Å². The maximum atomic E-state index is 6.26. The van der Waals surface area contributed by atoms with Crippen molar-refractivity contribution in [3.63, 3.8) is 0 Å². The van der Waals surface area contributed by atoms with Crippen LogP contribution in [0.3, 0.4) is 0 Å². The standard InChI is InChI=1S/C14H20ClNO/c1-3-10(2)11-4-5-14(13(15)8-11)17-12-6-7-16-9-12/h4-5,8,10,12,16H,3,6-7,9H2,1-2H3/t10-,12+/m1/s1. The normalized spacial score (nSPS) is 21.5. The fraction of sp³-hybridized carbons (Fsp3) is 0.571. The molecule has 94 valence electrons. The van der Waals surface area contributed by atoms with E-state index in [0.717, 1.165) is 36.7 Å². The predicted molar refractivity (Wildman–Crippen MR) is 72.1 cm³/mol. The van der Waals surface area contributed by atoms with E-state index < -0.39 is 0 Å². The highest BCUT2D eigenvalue weighted by Crippen LogP contribution is 2.30. The Labute approximate surface area is 108 Å². The van der Waals surface area contributed by atoms with E-state index in [-0.39, 0.29) is 6.10 Å². The second-order valence-corrected chi connectivity index (χ2v) is 5.14. The van der Waals surface area contributed by atoms with E-state index in [0.29, 0.717) is 5.92 Å². The van der Waals surface area contributed by atoms with Gasteiger partial charge in [-0.25, -0.2) is 0 Å². The summed E-state index contributed by atoms with van der Waals surface area (Å²) in [4.78, 5) is 0. The summed E-state index contributed by atoms with van der Waals surface area (Å²) in [5, 5.41) is 4.01. The van der Waals surface area contributed by atoms with Crippen molar-refractivity contribution in [3.8, 4) is 5.75 Å². The van der Waals surface area contributed by atoms with Crippen molar-refractivity contribution in [2.45, 2.75) is 38.7 Å². The van der Waals surface area contributed by atoms with E-state index in [1.54, 1.807) is 0 Å². The summed E-state index contributed by atoms with van der Waals surface area (Å²) in [5.41, 5.74) is 1.29. The smallest absolute Gasteiger partial charge is 0.138 e. The van der Waals surface area contributed by atoms with Gasteiger partial charge in [0.2, 0.25) is 0 Å². The van der Waals surface area contributed by atoms with Gasteiger partial charge in [-0.05, 0) is 43.0 Å². The second kappa shape index (κ2) is 5.74. The molecule has 1 N–H and O–H groups in total. The highest BCUT2D eigenvalue weighted by molar-refractivity contribution is 6.32. The Morgan fingerprint density at radius 2 is 2.35 bits per heavy atom. The molecule has 0 saturated carbocycles. The van der Waals surface area contributed by atoms with Crippen molar-refractivity contribution < 1.29 is 4.74 Å². The summed E-state index contributed by atoms with van der Waals surface area (Å²) in [6.45, 7) is 6.36. The molecule has 17 heavy (non-hydrogen) atoms. The minimum Gasteiger partial charge on any atom is -0.487 e. The van der Waals surface area contributed by atoms with Crippen LogP contribution >= 0.6 is 11.6 Å². The Kier molecular flexibility index (Phi) is 4.30. The number of ether oxygens (including phenoxy) is 1. The minimum atomic E-state index is 0.266. The quantitative estimate of drug-likeness (QED) is 0.885. The highest BCUT2D eigenvalue weighted by Gasteiger charge is 2.17. The van der Waals surface area contributed by atoms with Crippen LogP contribution in [0, 0.1) is 0 Å². The number of nitrogens with one attached hydrogen (secondary N) is 1. The molecule has 0 spiro atoms. The summed E-state index contributed by atoms with van der Waals surface area (Å²) in [5.74, 6) is 1.36. The van der Waals surface area contributed by atoms with Crippen molar-refractivity contribution in [1.29, 1.82) is 0 Å². The average Bonchev–Trinajstić information content (AvgIpc) is 2.83. The van der Waals surface area contributed by atoms with E-state index in [9.17, 15) is 0 Å². The van der Waals surface area contributed by atoms with E-state index in [1.165, 1.54) is 5.56 Å². The zero-order chi connectivity index (χ0) is 12.3. The minimum absolute atomic E-state index is 0.266. The van der Waals surface area contributed by atoms with Gasteiger partial charge in [-0.2, -0.15) is 0 Å². The third-order valence-corrected chi connectivity index (χ3v) is 3.74.